The summed E-state index contributed by atoms with van der Waals surface area (Å²) < 4.78 is 5.19. The van der Waals surface area contributed by atoms with E-state index in [9.17, 15) is 4.79 Å². The summed E-state index contributed by atoms with van der Waals surface area (Å²) in [5, 5.41) is 0. The van der Waals surface area contributed by atoms with E-state index in [0.29, 0.717) is 0 Å². The van der Waals surface area contributed by atoms with E-state index in [2.05, 4.69) is 16.8 Å². The van der Waals surface area contributed by atoms with Crippen molar-refractivity contribution < 1.29 is 19.3 Å². The summed E-state index contributed by atoms with van der Waals surface area (Å²) in [5.41, 5.74) is 2.09. The van der Waals surface area contributed by atoms with Crippen LogP contribution >= 0.6 is 0 Å². The molecular weight excluding hydrogens is 258 g/mol. The van der Waals surface area contributed by atoms with Crippen LogP contribution in [0, 0.1) is 6.92 Å². The fourth-order valence-electron chi connectivity index (χ4n) is 2.21. The molecule has 110 valence electrons. The van der Waals surface area contributed by atoms with Gasteiger partial charge in [0.2, 0.25) is 0 Å². The van der Waals surface area contributed by atoms with Crippen LogP contribution in [0.25, 0.3) is 0 Å². The van der Waals surface area contributed by atoms with Crippen LogP contribution in [0.2, 0.25) is 0 Å². The summed E-state index contributed by atoms with van der Waals surface area (Å²) in [5.74, 6) is 0. The summed E-state index contributed by atoms with van der Waals surface area (Å²) in [6.07, 6.45) is 0.848. The normalized spacial score (nSPS) is 16.9. The van der Waals surface area contributed by atoms with Gasteiger partial charge in [0, 0.05) is 13.1 Å². The van der Waals surface area contributed by atoms with Crippen LogP contribution in [-0.2, 0) is 21.1 Å². The molecule has 1 heterocycles. The Kier molecular flexibility index (Phi) is 5.38. The number of carbonyl (C=O) groups is 1. The predicted molar refractivity (Wildman–Crippen MR) is 74.1 cm³/mol. The second kappa shape index (κ2) is 7.26. The Labute approximate surface area is 119 Å². The summed E-state index contributed by atoms with van der Waals surface area (Å²) in [6, 6.07) is 7.83. The van der Waals surface area contributed by atoms with Crippen molar-refractivity contribution in [1.29, 1.82) is 0 Å². The van der Waals surface area contributed by atoms with E-state index < -0.39 is 6.16 Å². The topological polar surface area (TPSA) is 48.0 Å². The zero-order valence-corrected chi connectivity index (χ0v) is 12.0. The minimum absolute atomic E-state index is 0.0683. The van der Waals surface area contributed by atoms with Crippen LogP contribution in [0.3, 0.4) is 0 Å². The number of hydrogen-bond acceptors (Lipinski definition) is 5. The molecule has 1 aromatic carbocycles. The van der Waals surface area contributed by atoms with E-state index in [1.807, 2.05) is 31.2 Å². The molecule has 2 rings (SSSR count). The van der Waals surface area contributed by atoms with E-state index in [4.69, 9.17) is 9.62 Å². The van der Waals surface area contributed by atoms with E-state index in [0.717, 1.165) is 37.1 Å². The van der Waals surface area contributed by atoms with Crippen molar-refractivity contribution >= 4 is 6.16 Å². The molecule has 0 aromatic heterocycles. The molecular formula is C15H21NO4. The molecule has 1 aliphatic heterocycles. The second-order valence-corrected chi connectivity index (χ2v) is 5.21. The van der Waals surface area contributed by atoms with Crippen LogP contribution in [0.4, 0.5) is 4.79 Å². The molecule has 5 nitrogen and oxygen atoms in total. The molecule has 1 saturated heterocycles. The lowest BCUT2D eigenvalue weighted by atomic mass is 10.1. The first-order valence-corrected chi connectivity index (χ1v) is 6.87. The van der Waals surface area contributed by atoms with Gasteiger partial charge in [-0.25, -0.2) is 4.79 Å². The van der Waals surface area contributed by atoms with E-state index >= 15 is 0 Å². The highest BCUT2D eigenvalue weighted by molar-refractivity contribution is 5.59. The first-order chi connectivity index (χ1) is 9.63. The number of piperidine rings is 1. The van der Waals surface area contributed by atoms with Crippen LogP contribution in [0.5, 0.6) is 0 Å². The Hall–Kier alpha value is -1.59. The van der Waals surface area contributed by atoms with Gasteiger partial charge >= 0.3 is 6.16 Å². The lowest BCUT2D eigenvalue weighted by Gasteiger charge is -2.27. The number of rotatable bonds is 4. The molecule has 0 atom stereocenters. The number of nitrogens with zero attached hydrogens (tertiary/aromatic N) is 1. The minimum atomic E-state index is -0.757. The van der Waals surface area contributed by atoms with Gasteiger partial charge in [0.1, 0.15) is 12.7 Å². The molecule has 0 N–H and O–H groups in total. The lowest BCUT2D eigenvalue weighted by Crippen LogP contribution is -2.35. The maximum Gasteiger partial charge on any atom is 0.540 e. The number of aryl methyl sites for hydroxylation is 1. The van der Waals surface area contributed by atoms with Gasteiger partial charge in [-0.1, -0.05) is 29.8 Å². The first-order valence-electron chi connectivity index (χ1n) is 6.87. The van der Waals surface area contributed by atoms with E-state index in [-0.39, 0.29) is 12.7 Å². The van der Waals surface area contributed by atoms with Crippen LogP contribution in [-0.4, -0.2) is 37.3 Å². The Balaban J connectivity index is 1.65. The first kappa shape index (κ1) is 14.8. The van der Waals surface area contributed by atoms with Gasteiger partial charge in [0.25, 0.3) is 0 Å². The SMILES string of the molecule is Cc1cccc(COOC(=O)OC2CCN(C)CC2)c1. The number of ether oxygens (including phenoxy) is 1. The molecule has 0 bridgehead atoms. The Morgan fingerprint density at radius 3 is 2.80 bits per heavy atom. The van der Waals surface area contributed by atoms with Crippen molar-refractivity contribution in [2.75, 3.05) is 20.1 Å². The van der Waals surface area contributed by atoms with Gasteiger partial charge in [-0.05, 0) is 32.4 Å². The van der Waals surface area contributed by atoms with Crippen molar-refractivity contribution in [2.45, 2.75) is 32.5 Å². The molecule has 0 unspecified atom stereocenters. The van der Waals surface area contributed by atoms with Crippen molar-refractivity contribution in [3.63, 3.8) is 0 Å². The maximum absolute atomic E-state index is 11.5. The fraction of sp³-hybridized carbons (Fsp3) is 0.533. The number of hydrogen-bond donors (Lipinski definition) is 0. The third-order valence-electron chi connectivity index (χ3n) is 3.36. The van der Waals surface area contributed by atoms with Gasteiger partial charge in [0.05, 0.1) is 0 Å². The van der Waals surface area contributed by atoms with E-state index in [1.54, 1.807) is 0 Å². The highest BCUT2D eigenvalue weighted by Crippen LogP contribution is 2.13. The molecule has 0 amide bonds. The lowest BCUT2D eigenvalue weighted by molar-refractivity contribution is -0.267. The maximum atomic E-state index is 11.5. The van der Waals surface area contributed by atoms with Crippen LogP contribution in [0.1, 0.15) is 24.0 Å². The Morgan fingerprint density at radius 1 is 1.35 bits per heavy atom. The molecule has 20 heavy (non-hydrogen) atoms. The van der Waals surface area contributed by atoms with Gasteiger partial charge in [-0.15, -0.1) is 0 Å². The molecule has 1 aliphatic rings. The quantitative estimate of drug-likeness (QED) is 0.482. The van der Waals surface area contributed by atoms with Crippen LogP contribution in [0.15, 0.2) is 24.3 Å². The molecule has 0 saturated carbocycles. The van der Waals surface area contributed by atoms with Crippen molar-refractivity contribution in [3.8, 4) is 0 Å². The zero-order chi connectivity index (χ0) is 14.4. The monoisotopic (exact) mass is 279 g/mol. The number of likely N-dealkylation sites (tertiary alicyclic amines) is 1. The zero-order valence-electron chi connectivity index (χ0n) is 12.0. The van der Waals surface area contributed by atoms with Gasteiger partial charge in [-0.2, -0.15) is 4.89 Å². The molecule has 0 radical (unpaired) electrons. The predicted octanol–water partition coefficient (Wildman–Crippen LogP) is 2.67. The smallest absolute Gasteiger partial charge is 0.429 e. The molecule has 1 fully saturated rings. The average Bonchev–Trinajstić information content (AvgIpc) is 2.41. The van der Waals surface area contributed by atoms with Crippen molar-refractivity contribution in [1.82, 2.24) is 4.90 Å². The van der Waals surface area contributed by atoms with Crippen molar-refractivity contribution in [2.24, 2.45) is 0 Å². The average molecular weight is 279 g/mol. The Bertz CT molecular complexity index is 441. The van der Waals surface area contributed by atoms with Crippen LogP contribution < -0.4 is 0 Å². The largest absolute Gasteiger partial charge is 0.540 e. The highest BCUT2D eigenvalue weighted by atomic mass is 17.2. The summed E-state index contributed by atoms with van der Waals surface area (Å²) in [4.78, 5) is 23.2. The fourth-order valence-corrected chi connectivity index (χ4v) is 2.21. The summed E-state index contributed by atoms with van der Waals surface area (Å²) in [6.45, 7) is 4.09. The molecule has 5 heteroatoms. The number of benzene rings is 1. The second-order valence-electron chi connectivity index (χ2n) is 5.21. The third-order valence-corrected chi connectivity index (χ3v) is 3.36. The number of carbonyl (C=O) groups excluding carboxylic acids is 1. The third kappa shape index (κ3) is 4.83. The van der Waals surface area contributed by atoms with Gasteiger partial charge < -0.3 is 9.64 Å². The molecule has 1 aromatic rings. The molecule has 0 aliphatic carbocycles. The summed E-state index contributed by atoms with van der Waals surface area (Å²) in [7, 11) is 2.06. The molecule has 0 spiro atoms. The van der Waals surface area contributed by atoms with Crippen molar-refractivity contribution in [3.05, 3.63) is 35.4 Å². The summed E-state index contributed by atoms with van der Waals surface area (Å²) >= 11 is 0. The van der Waals surface area contributed by atoms with Gasteiger partial charge in [0.15, 0.2) is 0 Å². The highest BCUT2D eigenvalue weighted by Gasteiger charge is 2.21. The Morgan fingerprint density at radius 2 is 2.10 bits per heavy atom. The standard InChI is InChI=1S/C15H21NO4/c1-12-4-3-5-13(10-12)11-18-20-15(17)19-14-6-8-16(2)9-7-14/h3-5,10,14H,6-9,11H2,1-2H3. The van der Waals surface area contributed by atoms with E-state index in [1.165, 1.54) is 0 Å². The van der Waals surface area contributed by atoms with Gasteiger partial charge in [-0.3, -0.25) is 4.89 Å². The minimum Gasteiger partial charge on any atom is -0.429 e.